The van der Waals surface area contributed by atoms with E-state index in [4.69, 9.17) is 5.73 Å². The van der Waals surface area contributed by atoms with Crippen molar-refractivity contribution in [3.63, 3.8) is 0 Å². The summed E-state index contributed by atoms with van der Waals surface area (Å²) in [6.45, 7) is -0.420. The van der Waals surface area contributed by atoms with Crippen molar-refractivity contribution in [1.82, 2.24) is 4.90 Å². The molecular formula is C7H9F5N2O. The van der Waals surface area contributed by atoms with Crippen molar-refractivity contribution in [3.8, 4) is 0 Å². The third kappa shape index (κ3) is 2.19. The summed E-state index contributed by atoms with van der Waals surface area (Å²) >= 11 is 0. The van der Waals surface area contributed by atoms with E-state index in [-0.39, 0.29) is 19.5 Å². The lowest BCUT2D eigenvalue weighted by atomic mass is 10.3. The van der Waals surface area contributed by atoms with E-state index >= 15 is 0 Å². The van der Waals surface area contributed by atoms with Gasteiger partial charge in [-0.25, -0.2) is 0 Å². The van der Waals surface area contributed by atoms with Crippen molar-refractivity contribution in [2.75, 3.05) is 13.1 Å². The number of nitrogens with two attached hydrogens (primary N) is 1. The van der Waals surface area contributed by atoms with Crippen LogP contribution in [0.5, 0.6) is 0 Å². The summed E-state index contributed by atoms with van der Waals surface area (Å²) in [5.74, 6) is -7.54. The SMILES string of the molecule is NC1CCN(C(=O)C(F)(F)C(F)(F)F)C1. The molecular weight excluding hydrogens is 223 g/mol. The first-order chi connectivity index (χ1) is 6.66. The molecule has 0 bridgehead atoms. The number of hydrogen-bond acceptors (Lipinski definition) is 2. The fourth-order valence-electron chi connectivity index (χ4n) is 1.29. The topological polar surface area (TPSA) is 46.3 Å². The van der Waals surface area contributed by atoms with Gasteiger partial charge < -0.3 is 10.6 Å². The molecule has 1 heterocycles. The lowest BCUT2D eigenvalue weighted by molar-refractivity contribution is -0.274. The van der Waals surface area contributed by atoms with Gasteiger partial charge in [-0.05, 0) is 6.42 Å². The zero-order valence-corrected chi connectivity index (χ0v) is 7.52. The fourth-order valence-corrected chi connectivity index (χ4v) is 1.29. The van der Waals surface area contributed by atoms with Crippen molar-refractivity contribution >= 4 is 5.91 Å². The van der Waals surface area contributed by atoms with Crippen molar-refractivity contribution in [3.05, 3.63) is 0 Å². The summed E-state index contributed by atoms with van der Waals surface area (Å²) in [7, 11) is 0. The maximum absolute atomic E-state index is 12.5. The second-order valence-corrected chi connectivity index (χ2v) is 3.37. The van der Waals surface area contributed by atoms with E-state index < -0.39 is 24.0 Å². The van der Waals surface area contributed by atoms with Gasteiger partial charge in [0.05, 0.1) is 0 Å². The number of likely N-dealkylation sites (tertiary alicyclic amines) is 1. The minimum Gasteiger partial charge on any atom is -0.336 e. The van der Waals surface area contributed by atoms with Crippen LogP contribution < -0.4 is 5.73 Å². The van der Waals surface area contributed by atoms with Crippen LogP contribution in [0.1, 0.15) is 6.42 Å². The lowest BCUT2D eigenvalue weighted by Crippen LogP contribution is -2.51. The predicted molar refractivity (Wildman–Crippen MR) is 40.2 cm³/mol. The number of alkyl halides is 5. The molecule has 3 nitrogen and oxygen atoms in total. The molecule has 0 aromatic heterocycles. The number of hydrogen-bond donors (Lipinski definition) is 1. The van der Waals surface area contributed by atoms with Crippen LogP contribution in [-0.4, -0.2) is 42.0 Å². The first kappa shape index (κ1) is 12.2. The molecule has 1 saturated heterocycles. The van der Waals surface area contributed by atoms with Gasteiger partial charge in [-0.3, -0.25) is 4.79 Å². The first-order valence-electron chi connectivity index (χ1n) is 4.15. The Bertz CT molecular complexity index is 265. The molecule has 0 saturated carbocycles. The minimum atomic E-state index is -5.85. The number of rotatable bonds is 1. The molecule has 8 heteroatoms. The second kappa shape index (κ2) is 3.58. The van der Waals surface area contributed by atoms with Crippen LogP contribution in [0.4, 0.5) is 22.0 Å². The highest BCUT2D eigenvalue weighted by Gasteiger charge is 2.64. The van der Waals surface area contributed by atoms with Gasteiger partial charge in [0.2, 0.25) is 0 Å². The Hall–Kier alpha value is -0.920. The minimum absolute atomic E-state index is 0.161. The summed E-state index contributed by atoms with van der Waals surface area (Å²) in [6.07, 6.45) is -5.61. The van der Waals surface area contributed by atoms with Crippen LogP contribution in [0.25, 0.3) is 0 Å². The first-order valence-corrected chi connectivity index (χ1v) is 4.15. The Morgan fingerprint density at radius 1 is 1.27 bits per heavy atom. The van der Waals surface area contributed by atoms with Crippen LogP contribution in [0.2, 0.25) is 0 Å². The Kier molecular flexibility index (Phi) is 2.90. The summed E-state index contributed by atoms with van der Waals surface area (Å²) in [5.41, 5.74) is 5.30. The smallest absolute Gasteiger partial charge is 0.336 e. The van der Waals surface area contributed by atoms with Gasteiger partial charge in [-0.2, -0.15) is 22.0 Å². The average Bonchev–Trinajstić information content (AvgIpc) is 2.48. The number of amides is 1. The van der Waals surface area contributed by atoms with E-state index in [0.29, 0.717) is 4.90 Å². The summed E-state index contributed by atoms with van der Waals surface area (Å²) in [6, 6.07) is -0.530. The van der Waals surface area contributed by atoms with Crippen LogP contribution >= 0.6 is 0 Å². The van der Waals surface area contributed by atoms with Gasteiger partial charge in [0.15, 0.2) is 0 Å². The van der Waals surface area contributed by atoms with Gasteiger partial charge >= 0.3 is 18.0 Å². The number of carbonyl (C=O) groups excluding carboxylic acids is 1. The van der Waals surface area contributed by atoms with E-state index in [2.05, 4.69) is 0 Å². The predicted octanol–water partition coefficient (Wildman–Crippen LogP) is 0.744. The zero-order valence-electron chi connectivity index (χ0n) is 7.52. The highest BCUT2D eigenvalue weighted by Crippen LogP contribution is 2.37. The van der Waals surface area contributed by atoms with Gasteiger partial charge in [0.25, 0.3) is 0 Å². The highest BCUT2D eigenvalue weighted by molar-refractivity contribution is 5.84. The molecule has 0 aliphatic carbocycles. The van der Waals surface area contributed by atoms with Gasteiger partial charge in [0.1, 0.15) is 0 Å². The van der Waals surface area contributed by atoms with Crippen molar-refractivity contribution in [1.29, 1.82) is 0 Å². The molecule has 1 fully saturated rings. The number of halogens is 5. The normalized spacial score (nSPS) is 23.3. The summed E-state index contributed by atoms with van der Waals surface area (Å²) < 4.78 is 60.5. The van der Waals surface area contributed by atoms with Crippen molar-refractivity contribution in [2.24, 2.45) is 5.73 Å². The second-order valence-electron chi connectivity index (χ2n) is 3.37. The molecule has 1 rings (SSSR count). The maximum atomic E-state index is 12.5. The highest BCUT2D eigenvalue weighted by atomic mass is 19.4. The third-order valence-corrected chi connectivity index (χ3v) is 2.14. The largest absolute Gasteiger partial charge is 0.463 e. The van der Waals surface area contributed by atoms with E-state index in [1.807, 2.05) is 0 Å². The van der Waals surface area contributed by atoms with E-state index in [1.165, 1.54) is 0 Å². The van der Waals surface area contributed by atoms with E-state index in [0.717, 1.165) is 0 Å². The van der Waals surface area contributed by atoms with Crippen LogP contribution in [-0.2, 0) is 4.79 Å². The fraction of sp³-hybridized carbons (Fsp3) is 0.857. The van der Waals surface area contributed by atoms with Crippen LogP contribution in [0.15, 0.2) is 0 Å². The van der Waals surface area contributed by atoms with E-state index in [9.17, 15) is 26.7 Å². The Morgan fingerprint density at radius 2 is 1.80 bits per heavy atom. The standard InChI is InChI=1S/C7H9F5N2O/c8-6(9,7(10,11)12)5(15)14-2-1-4(13)3-14/h4H,1-3,13H2. The molecule has 1 aliphatic rings. The molecule has 0 radical (unpaired) electrons. The van der Waals surface area contributed by atoms with Crippen molar-refractivity contribution < 1.29 is 26.7 Å². The maximum Gasteiger partial charge on any atom is 0.463 e. The molecule has 1 unspecified atom stereocenters. The monoisotopic (exact) mass is 232 g/mol. The Balaban J connectivity index is 2.76. The third-order valence-electron chi connectivity index (χ3n) is 2.14. The number of carbonyl (C=O) groups is 1. The van der Waals surface area contributed by atoms with Crippen molar-refractivity contribution in [2.45, 2.75) is 24.6 Å². The Labute approximate surface area is 82.0 Å². The Morgan fingerprint density at radius 3 is 2.13 bits per heavy atom. The van der Waals surface area contributed by atoms with Gasteiger partial charge in [-0.1, -0.05) is 0 Å². The molecule has 0 aromatic carbocycles. The lowest BCUT2D eigenvalue weighted by Gasteiger charge is -2.24. The summed E-state index contributed by atoms with van der Waals surface area (Å²) in [5, 5.41) is 0. The molecule has 88 valence electrons. The van der Waals surface area contributed by atoms with Gasteiger partial charge in [0, 0.05) is 19.1 Å². The average molecular weight is 232 g/mol. The number of nitrogens with zero attached hydrogens (tertiary/aromatic N) is 1. The molecule has 1 aliphatic heterocycles. The van der Waals surface area contributed by atoms with Gasteiger partial charge in [-0.15, -0.1) is 0 Å². The molecule has 2 N–H and O–H groups in total. The molecule has 1 atom stereocenters. The molecule has 1 amide bonds. The zero-order chi connectivity index (χ0) is 11.9. The van der Waals surface area contributed by atoms with E-state index in [1.54, 1.807) is 0 Å². The van der Waals surface area contributed by atoms with Crippen LogP contribution in [0, 0.1) is 0 Å². The quantitative estimate of drug-likeness (QED) is 0.678. The summed E-state index contributed by atoms with van der Waals surface area (Å²) in [4.78, 5) is 11.3. The molecule has 15 heavy (non-hydrogen) atoms. The molecule has 0 aromatic rings. The molecule has 0 spiro atoms. The van der Waals surface area contributed by atoms with Crippen LogP contribution in [0.3, 0.4) is 0 Å².